The Labute approximate surface area is 216 Å². The van der Waals surface area contributed by atoms with Crippen molar-refractivity contribution in [3.05, 3.63) is 69.8 Å². The summed E-state index contributed by atoms with van der Waals surface area (Å²) in [5.74, 6) is 0. The number of allylic oxidation sites excluding steroid dienone is 7. The number of ether oxygens (including phenoxy) is 1. The first-order valence-electron chi connectivity index (χ1n) is 12.2. The van der Waals surface area contributed by atoms with Gasteiger partial charge in [-0.05, 0) is 65.6 Å². The third kappa shape index (κ3) is 10.5. The maximum atomic E-state index is 12.7. The van der Waals surface area contributed by atoms with Crippen molar-refractivity contribution in [2.24, 2.45) is 0 Å². The van der Waals surface area contributed by atoms with Crippen LogP contribution >= 0.6 is 11.5 Å². The monoisotopic (exact) mass is 526 g/mol. The molecule has 0 atom stereocenters. The second-order valence-electron chi connectivity index (χ2n) is 8.42. The van der Waals surface area contributed by atoms with Crippen LogP contribution in [0.25, 0.3) is 5.57 Å². The van der Waals surface area contributed by atoms with Crippen LogP contribution in [-0.2, 0) is 11.3 Å². The summed E-state index contributed by atoms with van der Waals surface area (Å²) in [6.45, 7) is 5.74. The van der Waals surface area contributed by atoms with E-state index in [0.717, 1.165) is 62.2 Å². The summed E-state index contributed by atoms with van der Waals surface area (Å²) in [5.41, 5.74) is 4.68. The van der Waals surface area contributed by atoms with E-state index in [4.69, 9.17) is 14.9 Å². The Morgan fingerprint density at radius 3 is 2.50 bits per heavy atom. The smallest absolute Gasteiger partial charge is 0.393 e. The third-order valence-corrected chi connectivity index (χ3v) is 6.54. The fourth-order valence-corrected chi connectivity index (χ4v) is 4.91. The van der Waals surface area contributed by atoms with Gasteiger partial charge in [-0.25, -0.2) is 0 Å². The molecule has 1 fully saturated rings. The molecular formula is C27H37F3N2O3S. The van der Waals surface area contributed by atoms with Crippen molar-refractivity contribution < 1.29 is 28.1 Å². The number of hydrogen-bond acceptors (Lipinski definition) is 6. The van der Waals surface area contributed by atoms with Gasteiger partial charge in [0.1, 0.15) is 0 Å². The Kier molecular flexibility index (Phi) is 13.4. The molecule has 1 aromatic rings. The lowest BCUT2D eigenvalue weighted by Gasteiger charge is -2.17. The van der Waals surface area contributed by atoms with E-state index in [9.17, 15) is 13.2 Å². The maximum Gasteiger partial charge on any atom is 0.393 e. The lowest BCUT2D eigenvalue weighted by Crippen LogP contribution is -2.23. The summed E-state index contributed by atoms with van der Waals surface area (Å²) < 4.78 is 48.1. The largest absolute Gasteiger partial charge is 0.400 e. The Bertz CT molecular complexity index is 962. The highest BCUT2D eigenvalue weighted by atomic mass is 32.1. The zero-order valence-electron chi connectivity index (χ0n) is 21.1. The van der Waals surface area contributed by atoms with E-state index in [1.807, 2.05) is 6.08 Å². The molecule has 0 radical (unpaired) electrons. The van der Waals surface area contributed by atoms with Crippen molar-refractivity contribution in [1.82, 2.24) is 9.27 Å². The Balaban J connectivity index is 0.00000222. The summed E-state index contributed by atoms with van der Waals surface area (Å²) in [6.07, 6.45) is 9.57. The predicted octanol–water partition coefficient (Wildman–Crippen LogP) is 5.84. The summed E-state index contributed by atoms with van der Waals surface area (Å²) in [6, 6.07) is 2.06. The van der Waals surface area contributed by atoms with E-state index < -0.39 is 12.6 Å². The predicted molar refractivity (Wildman–Crippen MR) is 140 cm³/mol. The van der Waals surface area contributed by atoms with E-state index in [-0.39, 0.29) is 6.61 Å². The first-order chi connectivity index (χ1) is 17.4. The highest BCUT2D eigenvalue weighted by molar-refractivity contribution is 7.05. The molecule has 2 N–H and O–H groups in total. The summed E-state index contributed by atoms with van der Waals surface area (Å²) in [7, 11) is 1.00. The average Bonchev–Trinajstić information content (AvgIpc) is 3.07. The molecule has 1 aliphatic heterocycles. The second kappa shape index (κ2) is 15.9. The van der Waals surface area contributed by atoms with Crippen molar-refractivity contribution in [3.63, 3.8) is 0 Å². The molecule has 0 spiro atoms. The highest BCUT2D eigenvalue weighted by Crippen LogP contribution is 2.30. The number of aliphatic hydroxyl groups excluding tert-OH is 2. The van der Waals surface area contributed by atoms with Gasteiger partial charge in [0, 0.05) is 31.6 Å². The quantitative estimate of drug-likeness (QED) is 0.396. The summed E-state index contributed by atoms with van der Waals surface area (Å²) in [4.78, 5) is 3.58. The van der Waals surface area contributed by atoms with Crippen molar-refractivity contribution in [1.29, 1.82) is 0 Å². The van der Waals surface area contributed by atoms with Crippen LogP contribution in [0.5, 0.6) is 0 Å². The molecule has 0 unspecified atom stereocenters. The molecule has 2 heterocycles. The van der Waals surface area contributed by atoms with E-state index in [1.165, 1.54) is 22.7 Å². The van der Waals surface area contributed by atoms with Crippen molar-refractivity contribution in [2.75, 3.05) is 40.0 Å². The number of hydrogen-bond donors (Lipinski definition) is 2. The molecule has 0 bridgehead atoms. The zero-order chi connectivity index (χ0) is 26.4. The SMILES string of the molecule is CC/C=C1/CCN(Cc2cc(C3=CCC=C(CC(F)(F)F)C=C3)ns2)CC/C1=C/COCCO.CO. The lowest BCUT2D eigenvalue weighted by atomic mass is 10.00. The summed E-state index contributed by atoms with van der Waals surface area (Å²) in [5, 5.41) is 15.9. The van der Waals surface area contributed by atoms with Gasteiger partial charge in [0.05, 0.1) is 31.9 Å². The molecule has 36 heavy (non-hydrogen) atoms. The maximum absolute atomic E-state index is 12.7. The lowest BCUT2D eigenvalue weighted by molar-refractivity contribution is -0.126. The van der Waals surface area contributed by atoms with Crippen molar-refractivity contribution >= 4 is 17.1 Å². The Morgan fingerprint density at radius 1 is 1.11 bits per heavy atom. The normalized spacial score (nSPS) is 19.4. The second-order valence-corrected chi connectivity index (χ2v) is 9.31. The third-order valence-electron chi connectivity index (χ3n) is 5.77. The van der Waals surface area contributed by atoms with Gasteiger partial charge in [0.15, 0.2) is 0 Å². The molecule has 0 aromatic carbocycles. The van der Waals surface area contributed by atoms with Gasteiger partial charge in [-0.3, -0.25) is 4.90 Å². The van der Waals surface area contributed by atoms with Gasteiger partial charge in [-0.15, -0.1) is 0 Å². The van der Waals surface area contributed by atoms with Crippen LogP contribution in [0.15, 0.2) is 59.2 Å². The molecule has 2 aliphatic rings. The molecule has 1 aromatic heterocycles. The van der Waals surface area contributed by atoms with Crippen LogP contribution in [0.4, 0.5) is 13.2 Å². The first kappa shape index (κ1) is 30.2. The van der Waals surface area contributed by atoms with Crippen LogP contribution in [0.2, 0.25) is 0 Å². The van der Waals surface area contributed by atoms with Crippen molar-refractivity contribution in [3.8, 4) is 0 Å². The number of rotatable bonds is 9. The Morgan fingerprint density at radius 2 is 1.83 bits per heavy atom. The van der Waals surface area contributed by atoms with Crippen LogP contribution in [0, 0.1) is 0 Å². The topological polar surface area (TPSA) is 65.8 Å². The minimum absolute atomic E-state index is 0.0311. The molecule has 200 valence electrons. The molecular weight excluding hydrogens is 489 g/mol. The molecule has 0 saturated carbocycles. The molecule has 3 rings (SSSR count). The molecule has 1 saturated heterocycles. The van der Waals surface area contributed by atoms with Crippen LogP contribution in [0.3, 0.4) is 0 Å². The number of aromatic nitrogens is 1. The molecule has 5 nitrogen and oxygen atoms in total. The number of nitrogens with zero attached hydrogens (tertiary/aromatic N) is 2. The van der Waals surface area contributed by atoms with E-state index in [1.54, 1.807) is 18.2 Å². The fraction of sp³-hybridized carbons (Fsp3) is 0.519. The van der Waals surface area contributed by atoms with Crippen molar-refractivity contribution in [2.45, 2.75) is 51.7 Å². The summed E-state index contributed by atoms with van der Waals surface area (Å²) >= 11 is 1.46. The standard InChI is InChI=1S/C26H33F3N2O2S.CH4O/c1-2-4-21-9-12-31(13-10-22(21)11-15-33-16-14-32)19-24-17-25(30-34-24)23-6-3-5-20(7-8-23)18-26(27,28)29;1-2/h4-8,11,17,32H,2-3,9-10,12-16,18-19H2,1H3;2H,1H3/b21-4-,22-11-;. The van der Waals surface area contributed by atoms with Gasteiger partial charge in [0.25, 0.3) is 0 Å². The van der Waals surface area contributed by atoms with Crippen LogP contribution in [0.1, 0.15) is 49.6 Å². The van der Waals surface area contributed by atoms with Crippen LogP contribution in [-0.4, -0.2) is 65.7 Å². The van der Waals surface area contributed by atoms with Gasteiger partial charge in [-0.1, -0.05) is 43.4 Å². The Hall–Kier alpha value is -2.04. The molecule has 0 amide bonds. The molecule has 9 heteroatoms. The number of likely N-dealkylation sites (tertiary alicyclic amines) is 1. The van der Waals surface area contributed by atoms with Gasteiger partial charge < -0.3 is 14.9 Å². The van der Waals surface area contributed by atoms with E-state index >= 15 is 0 Å². The fourth-order valence-electron chi connectivity index (χ4n) is 4.13. The van der Waals surface area contributed by atoms with Gasteiger partial charge in [0.2, 0.25) is 0 Å². The van der Waals surface area contributed by atoms with E-state index in [2.05, 4.69) is 34.4 Å². The zero-order valence-corrected chi connectivity index (χ0v) is 21.9. The van der Waals surface area contributed by atoms with Gasteiger partial charge >= 0.3 is 6.18 Å². The number of halogens is 3. The number of alkyl halides is 3. The number of aliphatic hydroxyl groups is 2. The minimum atomic E-state index is -4.20. The molecule has 1 aliphatic carbocycles. The van der Waals surface area contributed by atoms with Crippen LogP contribution < -0.4 is 0 Å². The first-order valence-corrected chi connectivity index (χ1v) is 13.0. The minimum Gasteiger partial charge on any atom is -0.400 e. The highest BCUT2D eigenvalue weighted by Gasteiger charge is 2.28. The van der Waals surface area contributed by atoms with E-state index in [0.29, 0.717) is 25.2 Å². The average molecular weight is 527 g/mol. The van der Waals surface area contributed by atoms with Gasteiger partial charge in [-0.2, -0.15) is 17.5 Å².